The fraction of sp³-hybridized carbons (Fsp3) is 0.308. The minimum absolute atomic E-state index is 0.327. The van der Waals surface area contributed by atoms with Crippen molar-refractivity contribution in [3.63, 3.8) is 0 Å². The molecule has 1 aromatic heterocycles. The molecule has 0 unspecified atom stereocenters. The van der Waals surface area contributed by atoms with Gasteiger partial charge in [-0.25, -0.2) is 9.07 Å². The van der Waals surface area contributed by atoms with Crippen molar-refractivity contribution in [2.45, 2.75) is 26.9 Å². The summed E-state index contributed by atoms with van der Waals surface area (Å²) in [6.07, 6.45) is -0.732. The summed E-state index contributed by atoms with van der Waals surface area (Å²) in [5, 5.41) is 13.9. The minimum atomic E-state index is -0.732. The summed E-state index contributed by atoms with van der Waals surface area (Å²) in [4.78, 5) is 0. The molecular formula is C13H15FN2O. The maximum Gasteiger partial charge on any atom is 0.149 e. The number of para-hydroxylation sites is 1. The molecule has 0 amide bonds. The van der Waals surface area contributed by atoms with E-state index in [1.807, 2.05) is 19.9 Å². The number of rotatable bonds is 2. The second-order valence-electron chi connectivity index (χ2n) is 4.19. The summed E-state index contributed by atoms with van der Waals surface area (Å²) < 4.78 is 15.4. The topological polar surface area (TPSA) is 38.0 Å². The Morgan fingerprint density at radius 3 is 2.59 bits per heavy atom. The minimum Gasteiger partial charge on any atom is -0.389 e. The maximum absolute atomic E-state index is 13.9. The van der Waals surface area contributed by atoms with Crippen LogP contribution in [0.2, 0.25) is 0 Å². The molecule has 4 heteroatoms. The second-order valence-corrected chi connectivity index (χ2v) is 4.19. The van der Waals surface area contributed by atoms with E-state index in [1.54, 1.807) is 19.1 Å². The van der Waals surface area contributed by atoms with Crippen LogP contribution < -0.4 is 0 Å². The van der Waals surface area contributed by atoms with Crippen molar-refractivity contribution in [2.24, 2.45) is 0 Å². The van der Waals surface area contributed by atoms with Gasteiger partial charge in [0.15, 0.2) is 0 Å². The molecule has 0 bridgehead atoms. The Kier molecular flexibility index (Phi) is 2.98. The molecule has 0 radical (unpaired) electrons. The van der Waals surface area contributed by atoms with Gasteiger partial charge in [-0.1, -0.05) is 12.1 Å². The zero-order valence-electron chi connectivity index (χ0n) is 10.1. The molecule has 1 aromatic carbocycles. The van der Waals surface area contributed by atoms with Crippen molar-refractivity contribution in [2.75, 3.05) is 0 Å². The molecule has 2 aromatic rings. The van der Waals surface area contributed by atoms with Gasteiger partial charge in [-0.3, -0.25) is 0 Å². The highest BCUT2D eigenvalue weighted by atomic mass is 19.1. The van der Waals surface area contributed by atoms with Crippen molar-refractivity contribution >= 4 is 0 Å². The van der Waals surface area contributed by atoms with Crippen LogP contribution in [0, 0.1) is 19.7 Å². The lowest BCUT2D eigenvalue weighted by molar-refractivity contribution is 0.198. The Labute approximate surface area is 99.5 Å². The van der Waals surface area contributed by atoms with E-state index in [1.165, 1.54) is 10.7 Å². The van der Waals surface area contributed by atoms with Gasteiger partial charge in [0.25, 0.3) is 0 Å². The van der Waals surface area contributed by atoms with Crippen LogP contribution in [0.25, 0.3) is 5.69 Å². The molecule has 1 heterocycles. The van der Waals surface area contributed by atoms with Crippen molar-refractivity contribution < 1.29 is 9.50 Å². The summed E-state index contributed by atoms with van der Waals surface area (Å²) in [6, 6.07) is 6.54. The Balaban J connectivity index is 2.69. The number of aliphatic hydroxyl groups excluding tert-OH is 1. The molecule has 0 saturated heterocycles. The van der Waals surface area contributed by atoms with Gasteiger partial charge in [-0.05, 0) is 32.9 Å². The van der Waals surface area contributed by atoms with Gasteiger partial charge in [0.2, 0.25) is 0 Å². The van der Waals surface area contributed by atoms with Crippen molar-refractivity contribution in [3.05, 3.63) is 47.0 Å². The van der Waals surface area contributed by atoms with E-state index in [9.17, 15) is 9.50 Å². The van der Waals surface area contributed by atoms with Gasteiger partial charge in [-0.2, -0.15) is 5.10 Å². The largest absolute Gasteiger partial charge is 0.389 e. The first kappa shape index (κ1) is 11.8. The second kappa shape index (κ2) is 4.30. The normalized spacial score (nSPS) is 12.8. The van der Waals surface area contributed by atoms with Gasteiger partial charge in [0.1, 0.15) is 11.5 Å². The highest BCUT2D eigenvalue weighted by Gasteiger charge is 2.16. The number of hydrogen-bond donors (Lipinski definition) is 1. The first-order chi connectivity index (χ1) is 8.00. The van der Waals surface area contributed by atoms with Gasteiger partial charge < -0.3 is 5.11 Å². The zero-order chi connectivity index (χ0) is 12.6. The molecule has 0 aliphatic carbocycles. The summed E-state index contributed by atoms with van der Waals surface area (Å²) >= 11 is 0. The van der Waals surface area contributed by atoms with Crippen LogP contribution >= 0.6 is 0 Å². The monoisotopic (exact) mass is 234 g/mol. The lowest BCUT2D eigenvalue weighted by Gasteiger charge is -2.14. The van der Waals surface area contributed by atoms with Crippen LogP contribution in [0.15, 0.2) is 24.3 Å². The molecule has 90 valence electrons. The standard InChI is InChI=1S/C13H15FN2O/c1-8-7-9(2)16(15-8)13-11(10(3)17)5-4-6-12(13)14/h4-7,10,17H,1-3H3/t10-/m0/s1. The van der Waals surface area contributed by atoms with Crippen LogP contribution in [-0.4, -0.2) is 14.9 Å². The van der Waals surface area contributed by atoms with E-state index in [0.29, 0.717) is 11.3 Å². The van der Waals surface area contributed by atoms with E-state index >= 15 is 0 Å². The molecule has 1 atom stereocenters. The SMILES string of the molecule is Cc1cc(C)n(-c2c(F)cccc2[C@H](C)O)n1. The number of hydrogen-bond acceptors (Lipinski definition) is 2. The average Bonchev–Trinajstić information content (AvgIpc) is 2.57. The van der Waals surface area contributed by atoms with Gasteiger partial charge in [0.05, 0.1) is 11.8 Å². The fourth-order valence-electron chi connectivity index (χ4n) is 1.95. The van der Waals surface area contributed by atoms with Crippen LogP contribution in [0.1, 0.15) is 30.0 Å². The van der Waals surface area contributed by atoms with Gasteiger partial charge in [0, 0.05) is 11.3 Å². The maximum atomic E-state index is 13.9. The Hall–Kier alpha value is -1.68. The first-order valence-corrected chi connectivity index (χ1v) is 5.51. The van der Waals surface area contributed by atoms with Gasteiger partial charge >= 0.3 is 0 Å². The molecule has 0 saturated carbocycles. The average molecular weight is 234 g/mol. The van der Waals surface area contributed by atoms with E-state index in [0.717, 1.165) is 11.4 Å². The van der Waals surface area contributed by atoms with Crippen LogP contribution in [0.3, 0.4) is 0 Å². The predicted octanol–water partition coefficient (Wildman–Crippen LogP) is 2.68. The lowest BCUT2D eigenvalue weighted by Crippen LogP contribution is -2.08. The van der Waals surface area contributed by atoms with Gasteiger partial charge in [-0.15, -0.1) is 0 Å². The predicted molar refractivity (Wildman–Crippen MR) is 63.6 cm³/mol. The van der Waals surface area contributed by atoms with E-state index in [-0.39, 0.29) is 5.82 Å². The molecule has 1 N–H and O–H groups in total. The Morgan fingerprint density at radius 1 is 1.35 bits per heavy atom. The van der Waals surface area contributed by atoms with Crippen molar-refractivity contribution in [1.29, 1.82) is 0 Å². The number of aryl methyl sites for hydroxylation is 2. The molecule has 0 aliphatic heterocycles. The molecule has 0 aliphatic rings. The smallest absolute Gasteiger partial charge is 0.149 e. The van der Waals surface area contributed by atoms with Crippen LogP contribution in [-0.2, 0) is 0 Å². The van der Waals surface area contributed by atoms with E-state index in [2.05, 4.69) is 5.10 Å². The fourth-order valence-corrected chi connectivity index (χ4v) is 1.95. The molecule has 0 fully saturated rings. The van der Waals surface area contributed by atoms with E-state index < -0.39 is 6.10 Å². The summed E-state index contributed by atoms with van der Waals surface area (Å²) in [7, 11) is 0. The Morgan fingerprint density at radius 2 is 2.06 bits per heavy atom. The molecule has 0 spiro atoms. The third kappa shape index (κ3) is 2.08. The molecule has 3 nitrogen and oxygen atoms in total. The number of aliphatic hydroxyl groups is 1. The number of benzene rings is 1. The lowest BCUT2D eigenvalue weighted by atomic mass is 10.1. The van der Waals surface area contributed by atoms with Crippen LogP contribution in [0.5, 0.6) is 0 Å². The number of nitrogens with zero attached hydrogens (tertiary/aromatic N) is 2. The summed E-state index contributed by atoms with van der Waals surface area (Å²) in [5.74, 6) is -0.380. The van der Waals surface area contributed by atoms with E-state index in [4.69, 9.17) is 0 Å². The number of halogens is 1. The number of aromatic nitrogens is 2. The third-order valence-electron chi connectivity index (χ3n) is 2.69. The molecular weight excluding hydrogens is 219 g/mol. The van der Waals surface area contributed by atoms with Crippen molar-refractivity contribution in [3.8, 4) is 5.69 Å². The molecule has 2 rings (SSSR count). The van der Waals surface area contributed by atoms with Crippen LogP contribution in [0.4, 0.5) is 4.39 Å². The molecule has 17 heavy (non-hydrogen) atoms. The Bertz CT molecular complexity index is 546. The summed E-state index contributed by atoms with van der Waals surface area (Å²) in [6.45, 7) is 5.33. The third-order valence-corrected chi connectivity index (χ3v) is 2.69. The zero-order valence-corrected chi connectivity index (χ0v) is 10.1. The quantitative estimate of drug-likeness (QED) is 0.867. The summed E-state index contributed by atoms with van der Waals surface area (Å²) in [5.41, 5.74) is 2.53. The first-order valence-electron chi connectivity index (χ1n) is 5.51. The highest BCUT2D eigenvalue weighted by Crippen LogP contribution is 2.25. The highest BCUT2D eigenvalue weighted by molar-refractivity contribution is 5.44. The van der Waals surface area contributed by atoms with Crippen molar-refractivity contribution in [1.82, 2.24) is 9.78 Å².